The molecule has 0 bridgehead atoms. The molecule has 2 nitrogen and oxygen atoms in total. The maximum absolute atomic E-state index is 3.58. The number of aryl methyl sites for hydroxylation is 1. The van der Waals surface area contributed by atoms with Gasteiger partial charge in [-0.15, -0.1) is 0 Å². The molecule has 0 saturated heterocycles. The van der Waals surface area contributed by atoms with Gasteiger partial charge in [0.2, 0.25) is 0 Å². The van der Waals surface area contributed by atoms with Crippen LogP contribution in [0, 0.1) is 6.92 Å². The van der Waals surface area contributed by atoms with Crippen LogP contribution < -0.4 is 10.5 Å². The topological polar surface area (TPSA) is 24.1 Å². The Morgan fingerprint density at radius 3 is 1.86 bits per heavy atom. The second-order valence-electron chi connectivity index (χ2n) is 7.32. The van der Waals surface area contributed by atoms with Gasteiger partial charge in [-0.25, -0.2) is 0 Å². The maximum atomic E-state index is 3.58. The fourth-order valence-electron chi connectivity index (χ4n) is 3.79. The first-order chi connectivity index (χ1) is 13.8. The van der Waals surface area contributed by atoms with Crippen LogP contribution in [0.5, 0.6) is 0 Å². The summed E-state index contributed by atoms with van der Waals surface area (Å²) in [7, 11) is 0. The fraction of sp³-hybridized carbons (Fsp3) is 0.0400. The van der Waals surface area contributed by atoms with Crippen molar-refractivity contribution in [3.63, 3.8) is 0 Å². The zero-order chi connectivity index (χ0) is 18.9. The standard InChI is InChI=1S/C25H21BN2/c1-18-8-12-20(13-9-18)21-14-10-19(11-15-21)16-17-26-27-23-6-2-4-22-5-3-7-24(28-26)25(22)23/h2-17,27-28H,1H3/b17-16+. The van der Waals surface area contributed by atoms with Gasteiger partial charge in [-0.2, -0.15) is 0 Å². The number of hydrogen-bond donors (Lipinski definition) is 2. The molecule has 0 amide bonds. The Kier molecular flexibility index (Phi) is 4.14. The number of hydrogen-bond acceptors (Lipinski definition) is 2. The van der Waals surface area contributed by atoms with Gasteiger partial charge in [0, 0.05) is 16.8 Å². The van der Waals surface area contributed by atoms with Crippen LogP contribution in [0.2, 0.25) is 0 Å². The summed E-state index contributed by atoms with van der Waals surface area (Å²) in [5.74, 6) is 2.18. The third kappa shape index (κ3) is 3.16. The van der Waals surface area contributed by atoms with E-state index >= 15 is 0 Å². The summed E-state index contributed by atoms with van der Waals surface area (Å²) in [6, 6.07) is 30.2. The summed E-state index contributed by atoms with van der Waals surface area (Å²) in [5, 5.41) is 9.67. The number of benzene rings is 4. The average Bonchev–Trinajstić information content (AvgIpc) is 2.74. The molecule has 1 aliphatic rings. The number of rotatable bonds is 3. The number of anilines is 2. The van der Waals surface area contributed by atoms with Crippen molar-refractivity contribution >= 4 is 35.2 Å². The zero-order valence-corrected chi connectivity index (χ0v) is 15.8. The highest BCUT2D eigenvalue weighted by molar-refractivity contribution is 6.73. The molecule has 4 aromatic rings. The van der Waals surface area contributed by atoms with E-state index in [1.165, 1.54) is 44.4 Å². The third-order valence-electron chi connectivity index (χ3n) is 5.30. The summed E-state index contributed by atoms with van der Waals surface area (Å²) in [6.45, 7) is 2.18. The lowest BCUT2D eigenvalue weighted by Crippen LogP contribution is -2.35. The molecule has 0 aromatic heterocycles. The zero-order valence-electron chi connectivity index (χ0n) is 15.8. The summed E-state index contributed by atoms with van der Waals surface area (Å²) in [6.07, 6.45) is 2.16. The van der Waals surface area contributed by atoms with Crippen molar-refractivity contribution in [3.05, 3.63) is 102 Å². The Morgan fingerprint density at radius 1 is 0.679 bits per heavy atom. The van der Waals surface area contributed by atoms with E-state index in [1.54, 1.807) is 0 Å². The monoisotopic (exact) mass is 360 g/mol. The minimum atomic E-state index is 0.0669. The van der Waals surface area contributed by atoms with E-state index in [4.69, 9.17) is 0 Å². The highest BCUT2D eigenvalue weighted by Gasteiger charge is 2.20. The minimum Gasteiger partial charge on any atom is -0.405 e. The molecule has 3 heteroatoms. The molecule has 1 aliphatic heterocycles. The lowest BCUT2D eigenvalue weighted by Gasteiger charge is -2.24. The van der Waals surface area contributed by atoms with Crippen molar-refractivity contribution in [1.29, 1.82) is 0 Å². The lowest BCUT2D eigenvalue weighted by atomic mass is 9.73. The minimum absolute atomic E-state index is 0.0669. The summed E-state index contributed by atoms with van der Waals surface area (Å²) >= 11 is 0. The van der Waals surface area contributed by atoms with E-state index in [1.807, 2.05) is 0 Å². The molecule has 4 aromatic carbocycles. The molecule has 134 valence electrons. The highest BCUT2D eigenvalue weighted by atomic mass is 15.0. The Morgan fingerprint density at radius 2 is 1.25 bits per heavy atom. The fourth-order valence-corrected chi connectivity index (χ4v) is 3.79. The molecular weight excluding hydrogens is 339 g/mol. The van der Waals surface area contributed by atoms with Crippen LogP contribution in [-0.2, 0) is 0 Å². The van der Waals surface area contributed by atoms with Crippen molar-refractivity contribution in [2.24, 2.45) is 0 Å². The lowest BCUT2D eigenvalue weighted by molar-refractivity contribution is 1.47. The van der Waals surface area contributed by atoms with Crippen LogP contribution >= 0.6 is 0 Å². The third-order valence-corrected chi connectivity index (χ3v) is 5.30. The molecule has 1 heterocycles. The molecule has 0 radical (unpaired) electrons. The molecule has 0 aliphatic carbocycles. The molecule has 5 rings (SSSR count). The van der Waals surface area contributed by atoms with E-state index in [-0.39, 0.29) is 6.98 Å². The Balaban J connectivity index is 1.35. The summed E-state index contributed by atoms with van der Waals surface area (Å²) in [5.41, 5.74) is 7.32. The first-order valence-corrected chi connectivity index (χ1v) is 9.66. The molecule has 0 spiro atoms. The quantitative estimate of drug-likeness (QED) is 0.414. The average molecular weight is 360 g/mol. The molecular formula is C25H21BN2. The Bertz CT molecular complexity index is 1120. The Hall–Kier alpha value is -3.46. The van der Waals surface area contributed by atoms with Gasteiger partial charge < -0.3 is 10.5 Å². The van der Waals surface area contributed by atoms with E-state index in [0.29, 0.717) is 0 Å². The first-order valence-electron chi connectivity index (χ1n) is 9.66. The van der Waals surface area contributed by atoms with Crippen molar-refractivity contribution in [1.82, 2.24) is 0 Å². The van der Waals surface area contributed by atoms with E-state index in [9.17, 15) is 0 Å². The van der Waals surface area contributed by atoms with Gasteiger partial charge in [0.25, 0.3) is 0 Å². The predicted molar refractivity (Wildman–Crippen MR) is 123 cm³/mol. The van der Waals surface area contributed by atoms with Crippen LogP contribution in [0.1, 0.15) is 11.1 Å². The van der Waals surface area contributed by atoms with Gasteiger partial charge in [0.05, 0.1) is 0 Å². The van der Waals surface area contributed by atoms with Gasteiger partial charge >= 0.3 is 6.98 Å². The smallest absolute Gasteiger partial charge is 0.398 e. The van der Waals surface area contributed by atoms with Crippen LogP contribution in [0.4, 0.5) is 11.4 Å². The van der Waals surface area contributed by atoms with E-state index in [0.717, 1.165) is 0 Å². The second-order valence-corrected chi connectivity index (χ2v) is 7.32. The summed E-state index contributed by atoms with van der Waals surface area (Å²) < 4.78 is 0. The normalized spacial score (nSPS) is 12.8. The van der Waals surface area contributed by atoms with E-state index < -0.39 is 0 Å². The highest BCUT2D eigenvalue weighted by Crippen LogP contribution is 2.34. The largest absolute Gasteiger partial charge is 0.405 e. The van der Waals surface area contributed by atoms with Crippen molar-refractivity contribution < 1.29 is 0 Å². The van der Waals surface area contributed by atoms with Crippen LogP contribution in [0.3, 0.4) is 0 Å². The van der Waals surface area contributed by atoms with Gasteiger partial charge in [-0.05, 0) is 41.1 Å². The maximum Gasteiger partial charge on any atom is 0.398 e. The van der Waals surface area contributed by atoms with Crippen molar-refractivity contribution in [2.75, 3.05) is 10.5 Å². The van der Waals surface area contributed by atoms with Gasteiger partial charge in [0.15, 0.2) is 0 Å². The SMILES string of the molecule is Cc1ccc(-c2ccc(/C=C/B3Nc4cccc5cccc(c45)N3)cc2)cc1. The van der Waals surface area contributed by atoms with E-state index in [2.05, 4.69) is 114 Å². The molecule has 28 heavy (non-hydrogen) atoms. The molecule has 0 unspecified atom stereocenters. The second kappa shape index (κ2) is 6.93. The van der Waals surface area contributed by atoms with Crippen LogP contribution in [0.15, 0.2) is 90.9 Å². The van der Waals surface area contributed by atoms with Gasteiger partial charge in [0.1, 0.15) is 0 Å². The summed E-state index contributed by atoms with van der Waals surface area (Å²) in [4.78, 5) is 0. The van der Waals surface area contributed by atoms with Gasteiger partial charge in [-0.3, -0.25) is 0 Å². The van der Waals surface area contributed by atoms with Crippen LogP contribution in [-0.4, -0.2) is 6.98 Å². The molecule has 2 N–H and O–H groups in total. The van der Waals surface area contributed by atoms with Crippen LogP contribution in [0.25, 0.3) is 28.0 Å². The van der Waals surface area contributed by atoms with Crippen molar-refractivity contribution in [2.45, 2.75) is 6.92 Å². The predicted octanol–water partition coefficient (Wildman–Crippen LogP) is 6.39. The number of nitrogens with one attached hydrogen (secondary N) is 2. The Labute approximate surface area is 166 Å². The molecule has 0 atom stereocenters. The van der Waals surface area contributed by atoms with Crippen molar-refractivity contribution in [3.8, 4) is 11.1 Å². The first kappa shape index (κ1) is 16.7. The van der Waals surface area contributed by atoms with Gasteiger partial charge in [-0.1, -0.05) is 90.4 Å². The molecule has 0 fully saturated rings. The molecule has 0 saturated carbocycles.